The van der Waals surface area contributed by atoms with Crippen molar-refractivity contribution >= 4 is 54.8 Å². The predicted molar refractivity (Wildman–Crippen MR) is 206 cm³/mol. The second-order valence-corrected chi connectivity index (χ2v) is 13.5. The highest BCUT2D eigenvalue weighted by Gasteiger charge is 2.20. The Balaban J connectivity index is 1.18. The zero-order chi connectivity index (χ0) is 34.4. The summed E-state index contributed by atoms with van der Waals surface area (Å²) in [5, 5.41) is 6.28. The monoisotopic (exact) mass is 660 g/mol. The van der Waals surface area contributed by atoms with Crippen LogP contribution < -0.4 is 4.74 Å². The summed E-state index contributed by atoms with van der Waals surface area (Å²) in [7, 11) is 0. The van der Waals surface area contributed by atoms with Crippen molar-refractivity contribution in [2.24, 2.45) is 0 Å². The molecule has 5 aromatic carbocycles. The maximum absolute atomic E-state index is 6.59. The van der Waals surface area contributed by atoms with Gasteiger partial charge >= 0.3 is 0 Å². The van der Waals surface area contributed by atoms with Crippen LogP contribution in [0.25, 0.3) is 77.0 Å². The van der Waals surface area contributed by atoms with Gasteiger partial charge in [-0.25, -0.2) is 19.9 Å². The summed E-state index contributed by atoms with van der Waals surface area (Å²) in [6, 6.07) is 30.3. The summed E-state index contributed by atoms with van der Waals surface area (Å²) in [4.78, 5) is 18.3. The molecule has 51 heavy (non-hydrogen) atoms. The molecule has 0 aliphatic heterocycles. The number of hydrogen-bond acceptors (Lipinski definition) is 5. The Kier molecular flexibility index (Phi) is 6.30. The fourth-order valence-corrected chi connectivity index (χ4v) is 8.12. The number of aromatic nitrogens is 6. The van der Waals surface area contributed by atoms with E-state index < -0.39 is 0 Å². The first-order valence-corrected chi connectivity index (χ1v) is 17.1. The number of rotatable bonds is 4. The van der Waals surface area contributed by atoms with Crippen molar-refractivity contribution in [3.8, 4) is 33.8 Å². The fraction of sp³-hybridized carbons (Fsp3) is 0.0909. The van der Waals surface area contributed by atoms with E-state index in [0.717, 1.165) is 66.3 Å². The van der Waals surface area contributed by atoms with Gasteiger partial charge in [0, 0.05) is 52.5 Å². The minimum atomic E-state index is 0.721. The molecule has 0 radical (unpaired) electrons. The van der Waals surface area contributed by atoms with Crippen LogP contribution in [-0.2, 0) is 0 Å². The van der Waals surface area contributed by atoms with Crippen molar-refractivity contribution in [2.45, 2.75) is 27.7 Å². The van der Waals surface area contributed by atoms with Crippen LogP contribution in [0.2, 0.25) is 0 Å². The number of benzene rings is 5. The van der Waals surface area contributed by atoms with Gasteiger partial charge in [0.15, 0.2) is 0 Å². The minimum absolute atomic E-state index is 0.721. The molecule has 0 bridgehead atoms. The molecule has 5 heterocycles. The smallest absolute Gasteiger partial charge is 0.149 e. The quantitative estimate of drug-likeness (QED) is 0.176. The Bertz CT molecular complexity index is 3020. The third kappa shape index (κ3) is 4.37. The van der Waals surface area contributed by atoms with Crippen LogP contribution in [0, 0.1) is 27.7 Å². The third-order valence-electron chi connectivity index (χ3n) is 10.4. The summed E-state index contributed by atoms with van der Waals surface area (Å²) in [6.45, 7) is 8.84. The molecule has 0 aliphatic carbocycles. The van der Waals surface area contributed by atoms with Gasteiger partial charge in [0.05, 0.1) is 5.52 Å². The zero-order valence-corrected chi connectivity index (χ0v) is 28.6. The number of pyridine rings is 2. The van der Waals surface area contributed by atoms with Crippen LogP contribution in [0.5, 0.6) is 11.5 Å². The molecule has 0 unspecified atom stereocenters. The molecule has 0 saturated heterocycles. The normalized spacial score (nSPS) is 11.9. The van der Waals surface area contributed by atoms with Gasteiger partial charge < -0.3 is 4.74 Å². The number of fused-ring (bicyclic) bond motifs is 12. The highest BCUT2D eigenvalue weighted by Crippen LogP contribution is 2.44. The van der Waals surface area contributed by atoms with Crippen LogP contribution >= 0.6 is 0 Å². The van der Waals surface area contributed by atoms with E-state index in [1.165, 1.54) is 44.5 Å². The van der Waals surface area contributed by atoms with Crippen molar-refractivity contribution in [2.75, 3.05) is 0 Å². The minimum Gasteiger partial charge on any atom is -0.457 e. The maximum Gasteiger partial charge on any atom is 0.149 e. The van der Waals surface area contributed by atoms with Crippen molar-refractivity contribution in [1.29, 1.82) is 0 Å². The molecule has 0 fully saturated rings. The van der Waals surface area contributed by atoms with E-state index >= 15 is 0 Å². The fourth-order valence-electron chi connectivity index (χ4n) is 8.12. The van der Waals surface area contributed by atoms with Crippen molar-refractivity contribution < 1.29 is 4.74 Å². The molecule has 5 aromatic heterocycles. The number of nitrogens with zero attached hydrogens (tertiary/aromatic N) is 6. The molecule has 10 rings (SSSR count). The molecule has 244 valence electrons. The summed E-state index contributed by atoms with van der Waals surface area (Å²) < 4.78 is 10.8. The van der Waals surface area contributed by atoms with E-state index in [2.05, 4.69) is 126 Å². The van der Waals surface area contributed by atoms with E-state index in [9.17, 15) is 0 Å². The SMILES string of the molecule is Cc1cccc(C)c1-c1cc2c3ccc(Oc4ccc5c6cncnc6n6ccnc6c5c4)cc3c3nccn3c2cc1-c1c(C)cccc1C. The Morgan fingerprint density at radius 2 is 1.02 bits per heavy atom. The average molecular weight is 661 g/mol. The third-order valence-corrected chi connectivity index (χ3v) is 10.4. The highest BCUT2D eigenvalue weighted by atomic mass is 16.5. The largest absolute Gasteiger partial charge is 0.457 e. The summed E-state index contributed by atoms with van der Waals surface area (Å²) >= 11 is 0. The highest BCUT2D eigenvalue weighted by molar-refractivity contribution is 6.15. The molecule has 0 amide bonds. The van der Waals surface area contributed by atoms with E-state index in [0.29, 0.717) is 0 Å². The second-order valence-electron chi connectivity index (χ2n) is 13.5. The summed E-state index contributed by atoms with van der Waals surface area (Å²) in [5.41, 5.74) is 13.7. The first-order chi connectivity index (χ1) is 24.9. The van der Waals surface area contributed by atoms with E-state index in [1.54, 1.807) is 12.5 Å². The molecule has 0 atom stereocenters. The van der Waals surface area contributed by atoms with Crippen LogP contribution in [0.15, 0.2) is 122 Å². The number of ether oxygens (including phenoxy) is 1. The zero-order valence-electron chi connectivity index (χ0n) is 28.6. The lowest BCUT2D eigenvalue weighted by Gasteiger charge is -2.20. The maximum atomic E-state index is 6.59. The van der Waals surface area contributed by atoms with Gasteiger partial charge in [0.25, 0.3) is 0 Å². The van der Waals surface area contributed by atoms with Gasteiger partial charge in [-0.05, 0) is 132 Å². The van der Waals surface area contributed by atoms with Gasteiger partial charge in [-0.15, -0.1) is 0 Å². The van der Waals surface area contributed by atoms with Gasteiger partial charge in [-0.3, -0.25) is 8.80 Å². The first kappa shape index (κ1) is 29.3. The van der Waals surface area contributed by atoms with Crippen LogP contribution in [0.1, 0.15) is 22.3 Å². The number of aryl methyl sites for hydroxylation is 4. The standard InChI is InChI=1S/C44H32N6O/c1-25-7-5-8-26(2)40(25)34-21-33-31-13-11-29(51-30-12-14-32-37(20-30)43-47-16-18-50(43)44-38(32)23-45-24-48-44)19-36(31)42-46-15-17-49(42)39(33)22-35(34)41-27(3)9-6-10-28(41)4/h5-24H,1-4H3. The van der Waals surface area contributed by atoms with Crippen LogP contribution in [0.3, 0.4) is 0 Å². The van der Waals surface area contributed by atoms with Crippen molar-refractivity contribution in [3.05, 3.63) is 144 Å². The van der Waals surface area contributed by atoms with E-state index in [4.69, 9.17) is 9.72 Å². The Morgan fingerprint density at radius 3 is 1.65 bits per heavy atom. The van der Waals surface area contributed by atoms with Crippen molar-refractivity contribution in [1.82, 2.24) is 28.7 Å². The van der Waals surface area contributed by atoms with Gasteiger partial charge in [0.1, 0.15) is 34.8 Å². The van der Waals surface area contributed by atoms with E-state index in [1.807, 2.05) is 35.1 Å². The molecule has 7 nitrogen and oxygen atoms in total. The molecule has 7 heteroatoms. The van der Waals surface area contributed by atoms with E-state index in [-0.39, 0.29) is 0 Å². The molecule has 0 saturated carbocycles. The lowest BCUT2D eigenvalue weighted by atomic mass is 9.85. The number of hydrogen-bond donors (Lipinski definition) is 0. The van der Waals surface area contributed by atoms with Crippen molar-refractivity contribution in [3.63, 3.8) is 0 Å². The number of imidazole rings is 2. The van der Waals surface area contributed by atoms with Gasteiger partial charge in [-0.1, -0.05) is 36.4 Å². The topological polar surface area (TPSA) is 69.6 Å². The average Bonchev–Trinajstić information content (AvgIpc) is 3.84. The second kappa shape index (κ2) is 11.0. The first-order valence-electron chi connectivity index (χ1n) is 17.1. The molecular formula is C44H32N6O. The van der Waals surface area contributed by atoms with Crippen LogP contribution in [0.4, 0.5) is 0 Å². The predicted octanol–water partition coefficient (Wildman–Crippen LogP) is 10.7. The Morgan fingerprint density at radius 1 is 0.490 bits per heavy atom. The summed E-state index contributed by atoms with van der Waals surface area (Å²) in [6.07, 6.45) is 11.1. The lowest BCUT2D eigenvalue weighted by molar-refractivity contribution is 0.484. The molecule has 0 N–H and O–H groups in total. The molecule has 0 spiro atoms. The van der Waals surface area contributed by atoms with Gasteiger partial charge in [-0.2, -0.15) is 0 Å². The Labute approximate surface area is 293 Å². The Hall–Kier alpha value is -6.60. The van der Waals surface area contributed by atoms with Gasteiger partial charge in [0.2, 0.25) is 0 Å². The molecule has 0 aliphatic rings. The molecule has 10 aromatic rings. The van der Waals surface area contributed by atoms with Crippen LogP contribution in [-0.4, -0.2) is 28.7 Å². The molecular weight excluding hydrogens is 629 g/mol. The summed E-state index contributed by atoms with van der Waals surface area (Å²) in [5.74, 6) is 1.45. The lowest BCUT2D eigenvalue weighted by Crippen LogP contribution is -1.98.